The van der Waals surface area contributed by atoms with Crippen LogP contribution in [0.15, 0.2) is 6.07 Å². The van der Waals surface area contributed by atoms with E-state index in [1.54, 1.807) is 13.0 Å². The SMILES string of the molecule is CCOC(=O)Cc1cc(C#N)c(Cl)c(C(F)F)n1. The molecule has 96 valence electrons. The van der Waals surface area contributed by atoms with Crippen LogP contribution in [-0.4, -0.2) is 17.6 Å². The number of pyridine rings is 1. The van der Waals surface area contributed by atoms with Crippen molar-refractivity contribution in [3.63, 3.8) is 0 Å². The Morgan fingerprint density at radius 2 is 2.33 bits per heavy atom. The maximum absolute atomic E-state index is 12.6. The minimum atomic E-state index is -2.91. The summed E-state index contributed by atoms with van der Waals surface area (Å²) in [6.07, 6.45) is -3.19. The Hall–Kier alpha value is -1.74. The molecule has 0 fully saturated rings. The Morgan fingerprint density at radius 1 is 1.67 bits per heavy atom. The molecule has 18 heavy (non-hydrogen) atoms. The highest BCUT2D eigenvalue weighted by atomic mass is 35.5. The van der Waals surface area contributed by atoms with Crippen molar-refractivity contribution in [1.82, 2.24) is 4.98 Å². The number of esters is 1. The molecule has 0 radical (unpaired) electrons. The topological polar surface area (TPSA) is 63.0 Å². The van der Waals surface area contributed by atoms with Crippen LogP contribution in [0.5, 0.6) is 0 Å². The fraction of sp³-hybridized carbons (Fsp3) is 0.364. The number of nitrogens with zero attached hydrogens (tertiary/aromatic N) is 2. The van der Waals surface area contributed by atoms with E-state index in [-0.39, 0.29) is 29.3 Å². The van der Waals surface area contributed by atoms with E-state index in [4.69, 9.17) is 16.9 Å². The van der Waals surface area contributed by atoms with Gasteiger partial charge in [-0.1, -0.05) is 11.6 Å². The minimum Gasteiger partial charge on any atom is -0.466 e. The van der Waals surface area contributed by atoms with Crippen molar-refractivity contribution in [3.8, 4) is 6.07 Å². The fourth-order valence-corrected chi connectivity index (χ4v) is 1.50. The van der Waals surface area contributed by atoms with Crippen molar-refractivity contribution in [2.45, 2.75) is 19.8 Å². The summed E-state index contributed by atoms with van der Waals surface area (Å²) >= 11 is 5.59. The molecule has 1 heterocycles. The van der Waals surface area contributed by atoms with Gasteiger partial charge in [-0.3, -0.25) is 4.79 Å². The molecule has 0 atom stereocenters. The number of ether oxygens (including phenoxy) is 1. The van der Waals surface area contributed by atoms with Gasteiger partial charge in [0.25, 0.3) is 6.43 Å². The predicted molar refractivity (Wildman–Crippen MR) is 59.3 cm³/mol. The molecule has 0 spiro atoms. The van der Waals surface area contributed by atoms with Gasteiger partial charge in [-0.05, 0) is 13.0 Å². The molecule has 0 aromatic carbocycles. The first kappa shape index (κ1) is 14.3. The molecule has 7 heteroatoms. The second-order valence-corrected chi connectivity index (χ2v) is 3.63. The average molecular weight is 275 g/mol. The summed E-state index contributed by atoms with van der Waals surface area (Å²) < 4.78 is 29.9. The molecule has 0 bridgehead atoms. The lowest BCUT2D eigenvalue weighted by Crippen LogP contribution is -2.10. The summed E-state index contributed by atoms with van der Waals surface area (Å²) in [5.74, 6) is -0.601. The van der Waals surface area contributed by atoms with Gasteiger partial charge in [0.1, 0.15) is 11.8 Å². The molecule has 1 aromatic rings. The van der Waals surface area contributed by atoms with Gasteiger partial charge < -0.3 is 4.74 Å². The highest BCUT2D eigenvalue weighted by Crippen LogP contribution is 2.28. The van der Waals surface area contributed by atoms with E-state index in [1.807, 2.05) is 0 Å². The highest BCUT2D eigenvalue weighted by Gasteiger charge is 2.19. The van der Waals surface area contributed by atoms with Crippen LogP contribution in [0.4, 0.5) is 8.78 Å². The van der Waals surface area contributed by atoms with Crippen LogP contribution in [0, 0.1) is 11.3 Å². The first-order chi connectivity index (χ1) is 8.49. The van der Waals surface area contributed by atoms with Crippen molar-refractivity contribution in [2.75, 3.05) is 6.61 Å². The van der Waals surface area contributed by atoms with Gasteiger partial charge >= 0.3 is 5.97 Å². The molecular weight excluding hydrogens is 266 g/mol. The predicted octanol–water partition coefficient (Wildman–Crippen LogP) is 2.65. The van der Waals surface area contributed by atoms with Crippen molar-refractivity contribution in [2.24, 2.45) is 0 Å². The molecule has 4 nitrogen and oxygen atoms in total. The number of nitriles is 1. The van der Waals surface area contributed by atoms with Crippen LogP contribution < -0.4 is 0 Å². The normalized spacial score (nSPS) is 10.2. The van der Waals surface area contributed by atoms with Crippen LogP contribution in [0.1, 0.15) is 30.3 Å². The van der Waals surface area contributed by atoms with Crippen molar-refractivity contribution < 1.29 is 18.3 Å². The summed E-state index contributed by atoms with van der Waals surface area (Å²) in [5, 5.41) is 8.37. The van der Waals surface area contributed by atoms with E-state index in [0.29, 0.717) is 0 Å². The Balaban J connectivity index is 3.11. The van der Waals surface area contributed by atoms with Crippen LogP contribution in [-0.2, 0) is 16.0 Å². The van der Waals surface area contributed by atoms with Gasteiger partial charge in [0.15, 0.2) is 0 Å². The standard InChI is InChI=1S/C11H9ClF2N2O2/c1-2-18-8(17)4-7-3-6(5-15)9(12)10(16-7)11(13)14/h3,11H,2,4H2,1H3. The first-order valence-electron chi connectivity index (χ1n) is 5.02. The number of hydrogen-bond acceptors (Lipinski definition) is 4. The molecule has 0 N–H and O–H groups in total. The summed E-state index contributed by atoms with van der Waals surface area (Å²) in [5.41, 5.74) is -0.805. The summed E-state index contributed by atoms with van der Waals surface area (Å²) in [6, 6.07) is 2.88. The zero-order valence-electron chi connectivity index (χ0n) is 9.41. The van der Waals surface area contributed by atoms with Crippen LogP contribution in [0.3, 0.4) is 0 Å². The summed E-state index contributed by atoms with van der Waals surface area (Å²) in [6.45, 7) is 1.80. The van der Waals surface area contributed by atoms with E-state index in [1.165, 1.54) is 6.07 Å². The molecule has 0 aliphatic carbocycles. The number of carbonyl (C=O) groups is 1. The van der Waals surface area contributed by atoms with Crippen LogP contribution in [0.25, 0.3) is 0 Å². The van der Waals surface area contributed by atoms with Crippen LogP contribution in [0.2, 0.25) is 5.02 Å². The third-order valence-electron chi connectivity index (χ3n) is 1.99. The van der Waals surface area contributed by atoms with Gasteiger partial charge in [0.2, 0.25) is 0 Å². The monoisotopic (exact) mass is 274 g/mol. The molecule has 0 amide bonds. The molecule has 0 aliphatic rings. The molecule has 0 unspecified atom stereocenters. The second kappa shape index (κ2) is 6.26. The van der Waals surface area contributed by atoms with Gasteiger partial charge in [-0.15, -0.1) is 0 Å². The lowest BCUT2D eigenvalue weighted by molar-refractivity contribution is -0.142. The van der Waals surface area contributed by atoms with E-state index < -0.39 is 18.1 Å². The van der Waals surface area contributed by atoms with Crippen molar-refractivity contribution >= 4 is 17.6 Å². The average Bonchev–Trinajstić information content (AvgIpc) is 2.31. The fourth-order valence-electron chi connectivity index (χ4n) is 1.28. The molecule has 0 saturated carbocycles. The van der Waals surface area contributed by atoms with E-state index >= 15 is 0 Å². The third kappa shape index (κ3) is 3.37. The largest absolute Gasteiger partial charge is 0.466 e. The van der Waals surface area contributed by atoms with Crippen molar-refractivity contribution in [1.29, 1.82) is 5.26 Å². The Morgan fingerprint density at radius 3 is 2.83 bits per heavy atom. The Bertz CT molecular complexity index is 501. The minimum absolute atomic E-state index is 0.0321. The van der Waals surface area contributed by atoms with E-state index in [9.17, 15) is 13.6 Å². The molecular formula is C11H9ClF2N2O2. The number of halogens is 3. The van der Waals surface area contributed by atoms with E-state index in [2.05, 4.69) is 9.72 Å². The zero-order valence-corrected chi connectivity index (χ0v) is 10.2. The number of rotatable bonds is 4. The van der Waals surface area contributed by atoms with Gasteiger partial charge in [0.05, 0.1) is 29.3 Å². The third-order valence-corrected chi connectivity index (χ3v) is 2.39. The lowest BCUT2D eigenvalue weighted by Gasteiger charge is -2.07. The molecule has 1 aromatic heterocycles. The number of carbonyl (C=O) groups excluding carboxylic acids is 1. The van der Waals surface area contributed by atoms with Crippen molar-refractivity contribution in [3.05, 3.63) is 28.0 Å². The number of hydrogen-bond donors (Lipinski definition) is 0. The quantitative estimate of drug-likeness (QED) is 0.792. The smallest absolute Gasteiger partial charge is 0.311 e. The Kier molecular flexibility index (Phi) is 4.98. The first-order valence-corrected chi connectivity index (χ1v) is 5.40. The second-order valence-electron chi connectivity index (χ2n) is 3.25. The maximum Gasteiger partial charge on any atom is 0.311 e. The lowest BCUT2D eigenvalue weighted by atomic mass is 10.1. The zero-order chi connectivity index (χ0) is 13.7. The highest BCUT2D eigenvalue weighted by molar-refractivity contribution is 6.32. The van der Waals surface area contributed by atoms with E-state index in [0.717, 1.165) is 0 Å². The van der Waals surface area contributed by atoms with Gasteiger partial charge in [-0.2, -0.15) is 5.26 Å². The summed E-state index contributed by atoms with van der Waals surface area (Å²) in [7, 11) is 0. The maximum atomic E-state index is 12.6. The number of alkyl halides is 2. The van der Waals surface area contributed by atoms with Gasteiger partial charge in [0, 0.05) is 0 Å². The molecule has 0 aliphatic heterocycles. The summed E-state index contributed by atoms with van der Waals surface area (Å²) in [4.78, 5) is 14.8. The number of aromatic nitrogens is 1. The molecule has 0 saturated heterocycles. The van der Waals surface area contributed by atoms with Gasteiger partial charge in [-0.25, -0.2) is 13.8 Å². The Labute approximate surface area is 107 Å². The molecule has 1 rings (SSSR count). The van der Waals surface area contributed by atoms with Crippen LogP contribution >= 0.6 is 11.6 Å².